The van der Waals surface area contributed by atoms with E-state index in [2.05, 4.69) is 16.9 Å². The molecule has 0 aliphatic carbocycles. The van der Waals surface area contributed by atoms with E-state index in [9.17, 15) is 0 Å². The van der Waals surface area contributed by atoms with Crippen LogP contribution < -0.4 is 11.9 Å². The maximum atomic E-state index is 6.40. The number of nitrogens with zero attached hydrogens (tertiary/aromatic N) is 2. The summed E-state index contributed by atoms with van der Waals surface area (Å²) in [4.78, 5) is 9.03. The van der Waals surface area contributed by atoms with E-state index in [0.29, 0.717) is 0 Å². The van der Waals surface area contributed by atoms with Gasteiger partial charge in [0.05, 0.1) is 0 Å². The Morgan fingerprint density at radius 3 is 1.52 bits per heavy atom. The van der Waals surface area contributed by atoms with Gasteiger partial charge < -0.3 is 11.9 Å². The van der Waals surface area contributed by atoms with E-state index >= 15 is 0 Å². The second-order valence-corrected chi connectivity index (χ2v) is 5.55. The average Bonchev–Trinajstić information content (AvgIpc) is 2.27. The van der Waals surface area contributed by atoms with Gasteiger partial charge in [-0.1, -0.05) is 12.1 Å². The van der Waals surface area contributed by atoms with Crippen LogP contribution in [0.15, 0.2) is 36.4 Å². The first-order chi connectivity index (χ1) is 8.94. The van der Waals surface area contributed by atoms with Gasteiger partial charge >= 0.3 is 0 Å². The van der Waals surface area contributed by atoms with Crippen LogP contribution in [0.4, 0.5) is 0 Å². The molecule has 0 spiro atoms. The fourth-order valence-electron chi connectivity index (χ4n) is 2.29. The van der Waals surface area contributed by atoms with Gasteiger partial charge in [-0.05, 0) is 45.0 Å². The molecule has 5 N–H and O–H groups in total. The van der Waals surface area contributed by atoms with Gasteiger partial charge in [0.1, 0.15) is 0 Å². The summed E-state index contributed by atoms with van der Waals surface area (Å²) in [7, 11) is 0. The standard InChI is InChI=1S/C16H21N3.2BrH.H3N.Rh/c1-12-6-4-8-14(18-12)10-16(3,17)11-15-9-5-7-13(2)19-15;;;;/h4-9H,10-11,17H2,1-3H3;2*1H;1H3;. The molecular formula is C16H26Br2N4Rh. The van der Waals surface area contributed by atoms with E-state index in [0.717, 1.165) is 35.6 Å². The molecule has 2 aromatic heterocycles. The molecule has 0 unspecified atom stereocenters. The van der Waals surface area contributed by atoms with E-state index in [1.807, 2.05) is 50.2 Å². The molecule has 133 valence electrons. The first kappa shape index (κ1) is 27.6. The number of aromatic nitrogens is 2. The van der Waals surface area contributed by atoms with Crippen LogP contribution in [0.3, 0.4) is 0 Å². The Morgan fingerprint density at radius 1 is 0.870 bits per heavy atom. The fourth-order valence-corrected chi connectivity index (χ4v) is 2.29. The van der Waals surface area contributed by atoms with Crippen LogP contribution in [-0.2, 0) is 32.3 Å². The van der Waals surface area contributed by atoms with Gasteiger partial charge in [-0.3, -0.25) is 9.97 Å². The molecule has 0 aliphatic rings. The summed E-state index contributed by atoms with van der Waals surface area (Å²) < 4.78 is 0. The second kappa shape index (κ2) is 12.2. The third-order valence-corrected chi connectivity index (χ3v) is 3.06. The number of pyridine rings is 2. The molecule has 0 atom stereocenters. The predicted octanol–water partition coefficient (Wildman–Crippen LogP) is 3.91. The van der Waals surface area contributed by atoms with Gasteiger partial charge in [0.2, 0.25) is 0 Å². The quantitative estimate of drug-likeness (QED) is 0.580. The van der Waals surface area contributed by atoms with Gasteiger partial charge in [0, 0.05) is 60.6 Å². The zero-order valence-corrected chi connectivity index (χ0v) is 18.8. The van der Waals surface area contributed by atoms with Crippen molar-refractivity contribution in [2.75, 3.05) is 0 Å². The van der Waals surface area contributed by atoms with Crippen molar-refractivity contribution in [3.8, 4) is 0 Å². The number of aryl methyl sites for hydroxylation is 2. The summed E-state index contributed by atoms with van der Waals surface area (Å²) in [5, 5.41) is 0. The van der Waals surface area contributed by atoms with Crippen LogP contribution in [0, 0.1) is 13.8 Å². The number of rotatable bonds is 4. The summed E-state index contributed by atoms with van der Waals surface area (Å²) in [5.74, 6) is 0. The molecule has 0 saturated carbocycles. The van der Waals surface area contributed by atoms with Gasteiger partial charge in [-0.2, -0.15) is 0 Å². The molecule has 0 saturated heterocycles. The van der Waals surface area contributed by atoms with Crippen LogP contribution in [0.25, 0.3) is 0 Å². The first-order valence-corrected chi connectivity index (χ1v) is 6.59. The summed E-state index contributed by atoms with van der Waals surface area (Å²) >= 11 is 0. The molecule has 2 heterocycles. The van der Waals surface area contributed by atoms with Gasteiger partial charge in [-0.25, -0.2) is 0 Å². The molecule has 4 nitrogen and oxygen atoms in total. The van der Waals surface area contributed by atoms with Crippen molar-refractivity contribution < 1.29 is 19.5 Å². The second-order valence-electron chi connectivity index (χ2n) is 5.55. The average molecular weight is 537 g/mol. The van der Waals surface area contributed by atoms with Gasteiger partial charge in [0.25, 0.3) is 0 Å². The molecule has 0 fully saturated rings. The fraction of sp³-hybridized carbons (Fsp3) is 0.375. The Hall–Kier alpha value is -0.197. The summed E-state index contributed by atoms with van der Waals surface area (Å²) in [6.07, 6.45) is 1.51. The smallest absolute Gasteiger partial charge is 0.0425 e. The Kier molecular flexibility index (Phi) is 14.7. The molecular weight excluding hydrogens is 511 g/mol. The van der Waals surface area contributed by atoms with Gasteiger partial charge in [-0.15, -0.1) is 34.0 Å². The van der Waals surface area contributed by atoms with Crippen LogP contribution in [0.2, 0.25) is 0 Å². The summed E-state index contributed by atoms with van der Waals surface area (Å²) in [5.41, 5.74) is 10.2. The Bertz CT molecular complexity index is 530. The number of hydrogen-bond donors (Lipinski definition) is 2. The third kappa shape index (κ3) is 9.63. The van der Waals surface area contributed by atoms with Crippen molar-refractivity contribution in [2.24, 2.45) is 5.73 Å². The van der Waals surface area contributed by atoms with E-state index in [-0.39, 0.29) is 65.1 Å². The van der Waals surface area contributed by atoms with Crippen molar-refractivity contribution >= 4 is 34.0 Å². The predicted molar refractivity (Wildman–Crippen MR) is 104 cm³/mol. The number of halogens is 2. The molecule has 23 heavy (non-hydrogen) atoms. The minimum atomic E-state index is -0.332. The van der Waals surface area contributed by atoms with Gasteiger partial charge in [0.15, 0.2) is 0 Å². The molecule has 0 aliphatic heterocycles. The van der Waals surface area contributed by atoms with Crippen LogP contribution >= 0.6 is 34.0 Å². The number of nitrogens with two attached hydrogens (primary N) is 1. The normalized spacial score (nSPS) is 9.57. The molecule has 2 aromatic rings. The Balaban J connectivity index is -0.000001000. The SMILES string of the molecule is Br.Br.Cc1cccc(CC(C)(N)Cc2cccc(C)n2)n1.N.[Rh]. The van der Waals surface area contributed by atoms with E-state index in [1.54, 1.807) is 0 Å². The van der Waals surface area contributed by atoms with Crippen LogP contribution in [-0.4, -0.2) is 15.5 Å². The zero-order chi connectivity index (χ0) is 13.9. The Morgan fingerprint density at radius 2 is 1.22 bits per heavy atom. The molecule has 0 aromatic carbocycles. The minimum Gasteiger partial charge on any atom is -0.344 e. The topological polar surface area (TPSA) is 86.8 Å². The summed E-state index contributed by atoms with van der Waals surface area (Å²) in [6.45, 7) is 6.06. The monoisotopic (exact) mass is 535 g/mol. The van der Waals surface area contributed by atoms with Crippen molar-refractivity contribution in [2.45, 2.75) is 39.2 Å². The molecule has 2 rings (SSSR count). The largest absolute Gasteiger partial charge is 0.344 e. The first-order valence-electron chi connectivity index (χ1n) is 6.59. The van der Waals surface area contributed by atoms with Crippen molar-refractivity contribution in [3.05, 3.63) is 59.2 Å². The van der Waals surface area contributed by atoms with E-state index in [1.165, 1.54) is 0 Å². The minimum absolute atomic E-state index is 0. The number of hydrogen-bond acceptors (Lipinski definition) is 4. The Labute approximate surface area is 173 Å². The van der Waals surface area contributed by atoms with E-state index in [4.69, 9.17) is 5.73 Å². The summed E-state index contributed by atoms with van der Waals surface area (Å²) in [6, 6.07) is 12.1. The molecule has 0 bridgehead atoms. The molecule has 7 heteroatoms. The zero-order valence-electron chi connectivity index (χ0n) is 13.7. The third-order valence-electron chi connectivity index (χ3n) is 3.06. The van der Waals surface area contributed by atoms with Crippen LogP contribution in [0.1, 0.15) is 29.7 Å². The van der Waals surface area contributed by atoms with E-state index < -0.39 is 0 Å². The maximum Gasteiger partial charge on any atom is 0.0425 e. The molecule has 1 radical (unpaired) electrons. The van der Waals surface area contributed by atoms with Crippen molar-refractivity contribution in [1.82, 2.24) is 16.1 Å². The van der Waals surface area contributed by atoms with Crippen molar-refractivity contribution in [3.63, 3.8) is 0 Å². The maximum absolute atomic E-state index is 6.40. The van der Waals surface area contributed by atoms with Crippen molar-refractivity contribution in [1.29, 1.82) is 0 Å². The van der Waals surface area contributed by atoms with Crippen LogP contribution in [0.5, 0.6) is 0 Å². The molecule has 0 amide bonds.